The highest BCUT2D eigenvalue weighted by molar-refractivity contribution is 5.80. The lowest BCUT2D eigenvalue weighted by atomic mass is 9.99. The van der Waals surface area contributed by atoms with Crippen LogP contribution in [0, 0.1) is 16.7 Å². The second-order valence-electron chi connectivity index (χ2n) is 6.43. The van der Waals surface area contributed by atoms with Crippen LogP contribution in [0.1, 0.15) is 40.5 Å². The van der Waals surface area contributed by atoms with Crippen LogP contribution in [0.3, 0.4) is 0 Å². The van der Waals surface area contributed by atoms with Crippen molar-refractivity contribution < 1.29 is 4.79 Å². The minimum atomic E-state index is 0.181. The Morgan fingerprint density at radius 1 is 1.25 bits per heavy atom. The zero-order valence-electron chi connectivity index (χ0n) is 10.9. The van der Waals surface area contributed by atoms with E-state index in [0.717, 1.165) is 25.9 Å². The molecule has 3 heteroatoms. The third-order valence-corrected chi connectivity index (χ3v) is 4.97. The van der Waals surface area contributed by atoms with Gasteiger partial charge in [-0.25, -0.2) is 0 Å². The Bertz CT molecular complexity index is 276. The number of nitrogens with one attached hydrogen (secondary N) is 2. The van der Waals surface area contributed by atoms with Crippen molar-refractivity contribution in [3.8, 4) is 0 Å². The fraction of sp³-hybridized carbons (Fsp3) is 0.923. The smallest absolute Gasteiger partial charge is 0.224 e. The van der Waals surface area contributed by atoms with E-state index in [4.69, 9.17) is 0 Å². The number of hydrogen-bond donors (Lipinski definition) is 2. The summed E-state index contributed by atoms with van der Waals surface area (Å²) in [5.41, 5.74) is 0.482. The molecule has 1 aliphatic carbocycles. The van der Waals surface area contributed by atoms with Gasteiger partial charge in [-0.1, -0.05) is 27.7 Å². The molecule has 3 nitrogen and oxygen atoms in total. The van der Waals surface area contributed by atoms with Gasteiger partial charge in [-0.2, -0.15) is 0 Å². The molecular weight excluding hydrogens is 200 g/mol. The highest BCUT2D eigenvalue weighted by Crippen LogP contribution is 2.62. The van der Waals surface area contributed by atoms with Gasteiger partial charge in [0, 0.05) is 12.6 Å². The van der Waals surface area contributed by atoms with Crippen molar-refractivity contribution in [2.75, 3.05) is 13.1 Å². The van der Waals surface area contributed by atoms with Gasteiger partial charge in [-0.05, 0) is 30.2 Å². The Kier molecular flexibility index (Phi) is 2.77. The molecule has 0 aromatic carbocycles. The van der Waals surface area contributed by atoms with Crippen LogP contribution in [0.5, 0.6) is 0 Å². The molecule has 0 spiro atoms. The maximum absolute atomic E-state index is 12.1. The van der Waals surface area contributed by atoms with E-state index in [1.807, 2.05) is 0 Å². The molecule has 1 aliphatic heterocycles. The fourth-order valence-corrected chi connectivity index (χ4v) is 2.89. The average Bonchev–Trinajstić information content (AvgIpc) is 2.62. The third-order valence-electron chi connectivity index (χ3n) is 4.97. The summed E-state index contributed by atoms with van der Waals surface area (Å²) in [5, 5.41) is 6.52. The number of amides is 1. The molecular formula is C13H24N2O. The first kappa shape index (κ1) is 11.9. The van der Waals surface area contributed by atoms with E-state index >= 15 is 0 Å². The average molecular weight is 224 g/mol. The van der Waals surface area contributed by atoms with Gasteiger partial charge in [-0.15, -0.1) is 0 Å². The zero-order valence-corrected chi connectivity index (χ0v) is 10.9. The maximum atomic E-state index is 12.1. The van der Waals surface area contributed by atoms with Gasteiger partial charge in [0.2, 0.25) is 5.91 Å². The molecule has 1 atom stereocenters. The first-order valence-electron chi connectivity index (χ1n) is 6.38. The first-order valence-corrected chi connectivity index (χ1v) is 6.38. The van der Waals surface area contributed by atoms with E-state index in [9.17, 15) is 4.79 Å². The minimum Gasteiger partial charge on any atom is -0.352 e. The molecule has 2 rings (SSSR count). The number of hydrogen-bond acceptors (Lipinski definition) is 2. The Morgan fingerprint density at radius 3 is 2.31 bits per heavy atom. The molecule has 1 saturated heterocycles. The van der Waals surface area contributed by atoms with Crippen molar-refractivity contribution >= 4 is 5.91 Å². The van der Waals surface area contributed by atoms with Crippen molar-refractivity contribution in [1.82, 2.24) is 10.6 Å². The highest BCUT2D eigenvalue weighted by Gasteiger charge is 2.65. The van der Waals surface area contributed by atoms with E-state index in [1.54, 1.807) is 0 Å². The largest absolute Gasteiger partial charge is 0.352 e. The summed E-state index contributed by atoms with van der Waals surface area (Å²) in [6, 6.07) is 0.342. The number of carbonyl (C=O) groups excluding carboxylic acids is 1. The molecule has 0 aromatic heterocycles. The van der Waals surface area contributed by atoms with Crippen LogP contribution in [0.25, 0.3) is 0 Å². The minimum absolute atomic E-state index is 0.181. The normalized spacial score (nSPS) is 32.1. The molecule has 16 heavy (non-hydrogen) atoms. The molecule has 92 valence electrons. The standard InChI is InChI=1S/C13H24N2O/c1-12(2)11(13(12,3)4)15-10(16)9-6-5-7-14-8-9/h9,11,14H,5-8H2,1-4H3,(H,15,16)/t9-/m0/s1. The SMILES string of the molecule is CC1(C)C(NC(=O)[C@H]2CCCNC2)C1(C)C. The monoisotopic (exact) mass is 224 g/mol. The Labute approximate surface area is 98.4 Å². The van der Waals surface area contributed by atoms with Gasteiger partial charge in [0.05, 0.1) is 5.92 Å². The van der Waals surface area contributed by atoms with Crippen molar-refractivity contribution in [2.24, 2.45) is 16.7 Å². The summed E-state index contributed by atoms with van der Waals surface area (Å²) in [6.45, 7) is 10.8. The van der Waals surface area contributed by atoms with E-state index in [1.165, 1.54) is 0 Å². The van der Waals surface area contributed by atoms with Gasteiger partial charge in [-0.3, -0.25) is 4.79 Å². The van der Waals surface area contributed by atoms with Crippen LogP contribution in [0.4, 0.5) is 0 Å². The molecule has 0 radical (unpaired) electrons. The number of carbonyl (C=O) groups is 1. The first-order chi connectivity index (χ1) is 7.37. The molecule has 2 N–H and O–H groups in total. The summed E-state index contributed by atoms with van der Waals surface area (Å²) >= 11 is 0. The highest BCUT2D eigenvalue weighted by atomic mass is 16.2. The lowest BCUT2D eigenvalue weighted by Crippen LogP contribution is -2.42. The summed E-state index contributed by atoms with van der Waals surface area (Å²) < 4.78 is 0. The van der Waals surface area contributed by atoms with Crippen LogP contribution >= 0.6 is 0 Å². The van der Waals surface area contributed by atoms with Gasteiger partial charge in [0.1, 0.15) is 0 Å². The topological polar surface area (TPSA) is 41.1 Å². The maximum Gasteiger partial charge on any atom is 0.224 e. The van der Waals surface area contributed by atoms with E-state index in [-0.39, 0.29) is 22.7 Å². The molecule has 0 unspecified atom stereocenters. The number of piperidine rings is 1. The Balaban J connectivity index is 1.89. The van der Waals surface area contributed by atoms with Crippen LogP contribution in [-0.2, 0) is 4.79 Å². The second kappa shape index (κ2) is 3.73. The van der Waals surface area contributed by atoms with Crippen LogP contribution in [0.2, 0.25) is 0 Å². The summed E-state index contributed by atoms with van der Waals surface area (Å²) in [7, 11) is 0. The van der Waals surface area contributed by atoms with Gasteiger partial charge >= 0.3 is 0 Å². The van der Waals surface area contributed by atoms with E-state index < -0.39 is 0 Å². The van der Waals surface area contributed by atoms with Gasteiger partial charge in [0.15, 0.2) is 0 Å². The van der Waals surface area contributed by atoms with Gasteiger partial charge < -0.3 is 10.6 Å². The van der Waals surface area contributed by atoms with E-state index in [0.29, 0.717) is 6.04 Å². The quantitative estimate of drug-likeness (QED) is 0.747. The predicted octanol–water partition coefficient (Wildman–Crippen LogP) is 1.54. The molecule has 1 amide bonds. The summed E-state index contributed by atoms with van der Waals surface area (Å²) in [4.78, 5) is 12.1. The fourth-order valence-electron chi connectivity index (χ4n) is 2.89. The zero-order chi connectivity index (χ0) is 12.0. The van der Waals surface area contributed by atoms with Crippen molar-refractivity contribution in [3.63, 3.8) is 0 Å². The summed E-state index contributed by atoms with van der Waals surface area (Å²) in [6.07, 6.45) is 2.15. The third kappa shape index (κ3) is 1.75. The second-order valence-corrected chi connectivity index (χ2v) is 6.43. The van der Waals surface area contributed by atoms with Crippen LogP contribution in [0.15, 0.2) is 0 Å². The lowest BCUT2D eigenvalue weighted by molar-refractivity contribution is -0.125. The number of rotatable bonds is 2. The molecule has 0 bridgehead atoms. The lowest BCUT2D eigenvalue weighted by Gasteiger charge is -2.22. The van der Waals surface area contributed by atoms with Crippen LogP contribution < -0.4 is 10.6 Å². The summed E-state index contributed by atoms with van der Waals surface area (Å²) in [5.74, 6) is 0.428. The molecule has 0 aromatic rings. The Hall–Kier alpha value is -0.570. The molecule has 2 fully saturated rings. The van der Waals surface area contributed by atoms with Gasteiger partial charge in [0.25, 0.3) is 0 Å². The van der Waals surface area contributed by atoms with Crippen molar-refractivity contribution in [3.05, 3.63) is 0 Å². The Morgan fingerprint density at radius 2 is 1.88 bits per heavy atom. The molecule has 1 saturated carbocycles. The van der Waals surface area contributed by atoms with E-state index in [2.05, 4.69) is 38.3 Å². The molecule has 2 aliphatic rings. The van der Waals surface area contributed by atoms with Crippen molar-refractivity contribution in [2.45, 2.75) is 46.6 Å². The van der Waals surface area contributed by atoms with Crippen molar-refractivity contribution in [1.29, 1.82) is 0 Å². The predicted molar refractivity (Wildman–Crippen MR) is 65.1 cm³/mol. The molecule has 1 heterocycles. The van der Waals surface area contributed by atoms with Crippen LogP contribution in [-0.4, -0.2) is 25.0 Å².